The molecule has 1 atom stereocenters. The van der Waals surface area contributed by atoms with Crippen LogP contribution in [-0.4, -0.2) is 19.7 Å². The minimum absolute atomic E-state index is 0.0571. The van der Waals surface area contributed by atoms with Crippen LogP contribution in [0.15, 0.2) is 69.7 Å². The Morgan fingerprint density at radius 2 is 1.97 bits per heavy atom. The van der Waals surface area contributed by atoms with Crippen LogP contribution in [0.1, 0.15) is 30.9 Å². The van der Waals surface area contributed by atoms with Crippen molar-refractivity contribution in [3.8, 4) is 17.6 Å². The van der Waals surface area contributed by atoms with Crippen molar-refractivity contribution in [2.45, 2.75) is 26.4 Å². The summed E-state index contributed by atoms with van der Waals surface area (Å²) in [4.78, 5) is 12.7. The zero-order valence-corrected chi connectivity index (χ0v) is 19.6. The number of halogens is 1. The average Bonchev–Trinajstić information content (AvgIpc) is 2.78. The first-order chi connectivity index (χ1) is 15.4. The lowest BCUT2D eigenvalue weighted by molar-refractivity contribution is -0.139. The summed E-state index contributed by atoms with van der Waals surface area (Å²) in [6.45, 7) is 3.85. The fraction of sp³-hybridized carbons (Fsp3) is 0.250. The van der Waals surface area contributed by atoms with Gasteiger partial charge in [-0.3, -0.25) is 0 Å². The Bertz CT molecular complexity index is 1120. The van der Waals surface area contributed by atoms with E-state index in [4.69, 9.17) is 24.7 Å². The Hall–Kier alpha value is -3.44. The maximum absolute atomic E-state index is 12.7. The summed E-state index contributed by atoms with van der Waals surface area (Å²) in [5.74, 6) is -0.196. The van der Waals surface area contributed by atoms with Crippen LogP contribution >= 0.6 is 15.9 Å². The Kier molecular flexibility index (Phi) is 7.44. The minimum atomic E-state index is -0.792. The number of nitriles is 1. The molecular formula is C24H23BrN2O5. The molecule has 0 aromatic heterocycles. The van der Waals surface area contributed by atoms with Gasteiger partial charge in [0, 0.05) is 4.47 Å². The van der Waals surface area contributed by atoms with Crippen molar-refractivity contribution in [2.75, 3.05) is 13.7 Å². The molecule has 0 amide bonds. The Morgan fingerprint density at radius 3 is 2.59 bits per heavy atom. The van der Waals surface area contributed by atoms with Crippen molar-refractivity contribution in [1.82, 2.24) is 0 Å². The van der Waals surface area contributed by atoms with Crippen LogP contribution in [0.25, 0.3) is 0 Å². The Morgan fingerprint density at radius 1 is 1.25 bits per heavy atom. The zero-order chi connectivity index (χ0) is 23.3. The van der Waals surface area contributed by atoms with Gasteiger partial charge in [0.15, 0.2) is 11.5 Å². The molecule has 1 aliphatic rings. The molecular weight excluding hydrogens is 476 g/mol. The van der Waals surface area contributed by atoms with Crippen molar-refractivity contribution < 1.29 is 23.7 Å². The molecule has 1 heterocycles. The zero-order valence-electron chi connectivity index (χ0n) is 18.0. The lowest BCUT2D eigenvalue weighted by Crippen LogP contribution is -2.25. The van der Waals surface area contributed by atoms with Crippen molar-refractivity contribution in [3.63, 3.8) is 0 Å². The molecule has 0 fully saturated rings. The highest BCUT2D eigenvalue weighted by molar-refractivity contribution is 9.10. The van der Waals surface area contributed by atoms with E-state index in [1.165, 1.54) is 7.11 Å². The number of rotatable bonds is 7. The molecule has 0 spiro atoms. The molecule has 3 rings (SSSR count). The van der Waals surface area contributed by atoms with Gasteiger partial charge in [-0.25, -0.2) is 4.79 Å². The van der Waals surface area contributed by atoms with Crippen molar-refractivity contribution in [2.24, 2.45) is 5.73 Å². The van der Waals surface area contributed by atoms with Crippen LogP contribution in [0.5, 0.6) is 11.5 Å². The summed E-state index contributed by atoms with van der Waals surface area (Å²) in [6, 6.07) is 15.3. The summed E-state index contributed by atoms with van der Waals surface area (Å²) in [7, 11) is 1.52. The molecule has 1 unspecified atom stereocenters. The molecule has 166 valence electrons. The summed E-state index contributed by atoms with van der Waals surface area (Å²) in [5, 5.41) is 9.78. The van der Waals surface area contributed by atoms with Gasteiger partial charge in [0.2, 0.25) is 5.88 Å². The monoisotopic (exact) mass is 498 g/mol. The highest BCUT2D eigenvalue weighted by Crippen LogP contribution is 2.45. The van der Waals surface area contributed by atoms with Crippen molar-refractivity contribution in [1.29, 1.82) is 5.26 Å². The third kappa shape index (κ3) is 4.73. The SMILES string of the molecule is CCOC(=O)C1=C(C)OC(N)=C(C#N)C1c1cc(OC)c(OCc2ccccc2)cc1Br. The molecule has 2 aromatic carbocycles. The second-order valence-electron chi connectivity index (χ2n) is 6.91. The first-order valence-corrected chi connectivity index (χ1v) is 10.7. The van der Waals surface area contributed by atoms with Crippen molar-refractivity contribution >= 4 is 21.9 Å². The number of carbonyl (C=O) groups is 1. The van der Waals surface area contributed by atoms with E-state index >= 15 is 0 Å². The van der Waals surface area contributed by atoms with Gasteiger partial charge in [-0.2, -0.15) is 5.26 Å². The molecule has 2 aromatic rings. The first-order valence-electron chi connectivity index (χ1n) is 9.90. The third-order valence-electron chi connectivity index (χ3n) is 4.93. The average molecular weight is 499 g/mol. The van der Waals surface area contributed by atoms with E-state index in [1.807, 2.05) is 30.3 Å². The maximum atomic E-state index is 12.7. The topological polar surface area (TPSA) is 104 Å². The first kappa shape index (κ1) is 23.2. The van der Waals surface area contributed by atoms with E-state index in [9.17, 15) is 10.1 Å². The quantitative estimate of drug-likeness (QED) is 0.552. The summed E-state index contributed by atoms with van der Waals surface area (Å²) in [6.07, 6.45) is 0. The van der Waals surface area contributed by atoms with Crippen LogP contribution in [0, 0.1) is 11.3 Å². The predicted octanol–water partition coefficient (Wildman–Crippen LogP) is 4.68. The number of allylic oxidation sites excluding steroid dienone is 2. The second kappa shape index (κ2) is 10.2. The van der Waals surface area contributed by atoms with Gasteiger partial charge in [0.1, 0.15) is 24.0 Å². The molecule has 7 nitrogen and oxygen atoms in total. The van der Waals surface area contributed by atoms with Gasteiger partial charge in [-0.05, 0) is 37.1 Å². The number of nitrogens with zero attached hydrogens (tertiary/aromatic N) is 1. The lowest BCUT2D eigenvalue weighted by atomic mass is 9.83. The van der Waals surface area contributed by atoms with Gasteiger partial charge in [-0.1, -0.05) is 46.3 Å². The molecule has 0 aliphatic carbocycles. The standard InChI is InChI=1S/C24H23BrN2O5/c1-4-30-24(28)21-14(2)32-23(27)17(12-26)22(21)16-10-19(29-3)20(11-18(16)25)31-13-15-8-6-5-7-9-15/h5-11,22H,4,13,27H2,1-3H3. The minimum Gasteiger partial charge on any atom is -0.493 e. The van der Waals surface area contributed by atoms with Crippen molar-refractivity contribution in [3.05, 3.63) is 80.9 Å². The highest BCUT2D eigenvalue weighted by atomic mass is 79.9. The van der Waals surface area contributed by atoms with Gasteiger partial charge in [0.25, 0.3) is 0 Å². The largest absolute Gasteiger partial charge is 0.493 e. The predicted molar refractivity (Wildman–Crippen MR) is 121 cm³/mol. The number of benzene rings is 2. The van der Waals surface area contributed by atoms with Gasteiger partial charge in [-0.15, -0.1) is 0 Å². The highest BCUT2D eigenvalue weighted by Gasteiger charge is 2.37. The van der Waals surface area contributed by atoms with Gasteiger partial charge < -0.3 is 24.7 Å². The Labute approximate surface area is 195 Å². The fourth-order valence-electron chi connectivity index (χ4n) is 3.45. The van der Waals surface area contributed by atoms with Crippen LogP contribution in [-0.2, 0) is 20.9 Å². The van der Waals surface area contributed by atoms with E-state index in [2.05, 4.69) is 22.0 Å². The number of nitrogens with two attached hydrogens (primary N) is 1. The molecule has 1 aliphatic heterocycles. The van der Waals surface area contributed by atoms with Crippen LogP contribution < -0.4 is 15.2 Å². The summed E-state index contributed by atoms with van der Waals surface area (Å²) < 4.78 is 22.8. The smallest absolute Gasteiger partial charge is 0.338 e. The number of methoxy groups -OCH3 is 1. The maximum Gasteiger partial charge on any atom is 0.338 e. The molecule has 0 radical (unpaired) electrons. The molecule has 8 heteroatoms. The molecule has 0 bridgehead atoms. The molecule has 32 heavy (non-hydrogen) atoms. The number of ether oxygens (including phenoxy) is 4. The van der Waals surface area contributed by atoms with Crippen LogP contribution in [0.2, 0.25) is 0 Å². The van der Waals surface area contributed by atoms with E-state index in [1.54, 1.807) is 26.0 Å². The number of hydrogen-bond donors (Lipinski definition) is 1. The third-order valence-corrected chi connectivity index (χ3v) is 5.62. The fourth-order valence-corrected chi connectivity index (χ4v) is 4.00. The number of hydrogen-bond acceptors (Lipinski definition) is 7. The second-order valence-corrected chi connectivity index (χ2v) is 7.77. The van der Waals surface area contributed by atoms with Crippen LogP contribution in [0.3, 0.4) is 0 Å². The van der Waals surface area contributed by atoms with Crippen LogP contribution in [0.4, 0.5) is 0 Å². The van der Waals surface area contributed by atoms with E-state index in [-0.39, 0.29) is 29.4 Å². The summed E-state index contributed by atoms with van der Waals surface area (Å²) in [5.41, 5.74) is 7.90. The lowest BCUT2D eigenvalue weighted by Gasteiger charge is -2.28. The van der Waals surface area contributed by atoms with E-state index in [0.717, 1.165) is 5.56 Å². The van der Waals surface area contributed by atoms with E-state index in [0.29, 0.717) is 28.1 Å². The molecule has 2 N–H and O–H groups in total. The normalized spacial score (nSPS) is 15.7. The van der Waals surface area contributed by atoms with E-state index < -0.39 is 11.9 Å². The van der Waals surface area contributed by atoms with Gasteiger partial charge in [0.05, 0.1) is 25.2 Å². The Balaban J connectivity index is 2.06. The molecule has 0 saturated heterocycles. The number of esters is 1. The summed E-state index contributed by atoms with van der Waals surface area (Å²) >= 11 is 3.56. The molecule has 0 saturated carbocycles. The van der Waals surface area contributed by atoms with Gasteiger partial charge >= 0.3 is 5.97 Å². The number of carbonyl (C=O) groups excluding carboxylic acids is 1.